The molecular weight excluding hydrogens is 380 g/mol. The number of nitrogens with zero attached hydrogens (tertiary/aromatic N) is 3. The van der Waals surface area contributed by atoms with Crippen molar-refractivity contribution in [2.24, 2.45) is 16.6 Å². The molecule has 3 atom stereocenters. The van der Waals surface area contributed by atoms with E-state index in [2.05, 4.69) is 9.98 Å². The molecule has 0 radical (unpaired) electrons. The second-order valence-electron chi connectivity index (χ2n) is 7.33. The molecule has 2 aromatic rings. The molecule has 0 saturated carbocycles. The number of pyridine rings is 1. The van der Waals surface area contributed by atoms with Gasteiger partial charge in [0.1, 0.15) is 11.9 Å². The number of guanidine groups is 1. The lowest BCUT2D eigenvalue weighted by atomic mass is 9.71. The van der Waals surface area contributed by atoms with Crippen LogP contribution in [-0.2, 0) is 15.1 Å². The number of halogens is 1. The molecule has 1 amide bonds. The topological polar surface area (TPSA) is 90.0 Å². The average molecular weight is 399 g/mol. The van der Waals surface area contributed by atoms with Crippen LogP contribution in [0.25, 0.3) is 11.1 Å². The molecule has 0 aliphatic carbocycles. The van der Waals surface area contributed by atoms with E-state index in [1.807, 2.05) is 24.3 Å². The van der Waals surface area contributed by atoms with Crippen LogP contribution in [-0.4, -0.2) is 48.1 Å². The summed E-state index contributed by atoms with van der Waals surface area (Å²) < 4.78 is 12.0. The van der Waals surface area contributed by atoms with Gasteiger partial charge in [0.05, 0.1) is 24.2 Å². The van der Waals surface area contributed by atoms with Gasteiger partial charge in [-0.3, -0.25) is 14.7 Å². The van der Waals surface area contributed by atoms with E-state index in [1.165, 1.54) is 4.90 Å². The minimum absolute atomic E-state index is 0.146. The number of fused-ring (bicyclic) bond motifs is 4. The van der Waals surface area contributed by atoms with E-state index in [1.54, 1.807) is 19.4 Å². The summed E-state index contributed by atoms with van der Waals surface area (Å²) in [5.41, 5.74) is 7.36. The summed E-state index contributed by atoms with van der Waals surface area (Å²) in [6.45, 7) is 0.992. The lowest BCUT2D eigenvalue weighted by molar-refractivity contribution is -0.141. The van der Waals surface area contributed by atoms with Crippen molar-refractivity contribution in [3.8, 4) is 16.9 Å². The quantitative estimate of drug-likeness (QED) is 0.795. The summed E-state index contributed by atoms with van der Waals surface area (Å²) in [5, 5.41) is 0.542. The van der Waals surface area contributed by atoms with Crippen LogP contribution >= 0.6 is 11.6 Å². The third-order valence-electron chi connectivity index (χ3n) is 5.80. The Morgan fingerprint density at radius 2 is 2.14 bits per heavy atom. The van der Waals surface area contributed by atoms with E-state index in [0.717, 1.165) is 11.1 Å². The minimum atomic E-state index is -1.14. The van der Waals surface area contributed by atoms with Gasteiger partial charge in [-0.05, 0) is 23.8 Å². The Balaban J connectivity index is 1.73. The number of likely N-dealkylation sites (N-methyl/N-ethyl adjacent to an activating group) is 1. The highest BCUT2D eigenvalue weighted by Crippen LogP contribution is 2.51. The van der Waals surface area contributed by atoms with Crippen LogP contribution in [0.5, 0.6) is 5.75 Å². The molecule has 1 fully saturated rings. The standard InChI is InChI=1S/C20H19ClN4O3/c1-25-18(26)20(24-19(25)22)14-7-11(12-6-13(21)9-23-8-12)2-3-16(14)28-17-4-5-27-10-15(17)20/h2-3,6-9,15,17H,4-5,10H2,1H3,(H2,22,24)/t15-,17-,20?/m0/s1. The highest BCUT2D eigenvalue weighted by molar-refractivity contribution is 6.30. The Morgan fingerprint density at radius 3 is 2.89 bits per heavy atom. The molecule has 1 spiro atoms. The van der Waals surface area contributed by atoms with E-state index in [9.17, 15) is 4.79 Å². The summed E-state index contributed by atoms with van der Waals surface area (Å²) in [6.07, 6.45) is 3.87. The second-order valence-corrected chi connectivity index (χ2v) is 7.77. The number of aromatic nitrogens is 1. The lowest BCUT2D eigenvalue weighted by Gasteiger charge is -2.45. The molecule has 1 unspecified atom stereocenters. The van der Waals surface area contributed by atoms with E-state index < -0.39 is 5.54 Å². The molecule has 28 heavy (non-hydrogen) atoms. The minimum Gasteiger partial charge on any atom is -0.489 e. The smallest absolute Gasteiger partial charge is 0.262 e. The van der Waals surface area contributed by atoms with Crippen LogP contribution in [0.4, 0.5) is 0 Å². The maximum absolute atomic E-state index is 13.4. The van der Waals surface area contributed by atoms with Crippen molar-refractivity contribution >= 4 is 23.5 Å². The Labute approximate surface area is 167 Å². The fourth-order valence-corrected chi connectivity index (χ4v) is 4.55. The average Bonchev–Trinajstić information content (AvgIpc) is 2.93. The number of carbonyl (C=O) groups is 1. The molecule has 7 nitrogen and oxygen atoms in total. The summed E-state index contributed by atoms with van der Waals surface area (Å²) in [4.78, 5) is 23.7. The molecule has 144 valence electrons. The molecule has 2 N–H and O–H groups in total. The zero-order valence-corrected chi connectivity index (χ0v) is 16.0. The van der Waals surface area contributed by atoms with Crippen molar-refractivity contribution < 1.29 is 14.3 Å². The number of ether oxygens (including phenoxy) is 2. The molecule has 3 aliphatic heterocycles. The van der Waals surface area contributed by atoms with Crippen LogP contribution in [0, 0.1) is 5.92 Å². The Kier molecular flexibility index (Phi) is 3.86. The van der Waals surface area contributed by atoms with E-state index >= 15 is 0 Å². The first-order valence-electron chi connectivity index (χ1n) is 9.14. The third-order valence-corrected chi connectivity index (χ3v) is 6.01. The van der Waals surface area contributed by atoms with Crippen molar-refractivity contribution in [1.29, 1.82) is 0 Å². The predicted molar refractivity (Wildman–Crippen MR) is 104 cm³/mol. The van der Waals surface area contributed by atoms with Gasteiger partial charge in [-0.1, -0.05) is 17.7 Å². The van der Waals surface area contributed by atoms with Crippen molar-refractivity contribution in [2.45, 2.75) is 18.1 Å². The molecule has 1 aromatic heterocycles. The van der Waals surface area contributed by atoms with E-state index in [4.69, 9.17) is 26.8 Å². The van der Waals surface area contributed by atoms with E-state index in [-0.39, 0.29) is 23.9 Å². The maximum atomic E-state index is 13.4. The van der Waals surface area contributed by atoms with Gasteiger partial charge in [-0.15, -0.1) is 0 Å². The van der Waals surface area contributed by atoms with Gasteiger partial charge in [0.2, 0.25) is 0 Å². The normalized spacial score (nSPS) is 28.6. The summed E-state index contributed by atoms with van der Waals surface area (Å²) in [7, 11) is 1.65. The highest BCUT2D eigenvalue weighted by atomic mass is 35.5. The molecule has 0 bridgehead atoms. The van der Waals surface area contributed by atoms with Crippen LogP contribution in [0.2, 0.25) is 5.02 Å². The second kappa shape index (κ2) is 6.18. The van der Waals surface area contributed by atoms with Crippen molar-refractivity contribution in [1.82, 2.24) is 9.88 Å². The van der Waals surface area contributed by atoms with Gasteiger partial charge in [-0.25, -0.2) is 4.99 Å². The molecule has 1 saturated heterocycles. The Hall–Kier alpha value is -2.64. The molecule has 1 aromatic carbocycles. The van der Waals surface area contributed by atoms with Crippen LogP contribution in [0.15, 0.2) is 41.7 Å². The number of rotatable bonds is 1. The lowest BCUT2D eigenvalue weighted by Crippen LogP contribution is -2.56. The monoisotopic (exact) mass is 398 g/mol. The van der Waals surface area contributed by atoms with Gasteiger partial charge in [0.15, 0.2) is 11.5 Å². The van der Waals surface area contributed by atoms with Gasteiger partial charge < -0.3 is 15.2 Å². The van der Waals surface area contributed by atoms with E-state index in [0.29, 0.717) is 36.0 Å². The number of amides is 1. The number of nitrogens with two attached hydrogens (primary N) is 1. The fraction of sp³-hybridized carbons (Fsp3) is 0.350. The number of aliphatic imine (C=N–C) groups is 1. The van der Waals surface area contributed by atoms with Crippen LogP contribution in [0.3, 0.4) is 0 Å². The van der Waals surface area contributed by atoms with Crippen LogP contribution in [0.1, 0.15) is 12.0 Å². The number of benzene rings is 1. The fourth-order valence-electron chi connectivity index (χ4n) is 4.37. The SMILES string of the molecule is CN1C(=O)C2(N=C1N)c1cc(-c3cncc(Cl)c3)ccc1O[C@H]1CCOC[C@@H]12. The number of hydrogen-bond acceptors (Lipinski definition) is 6. The van der Waals surface area contributed by atoms with Gasteiger partial charge in [-0.2, -0.15) is 0 Å². The zero-order valence-electron chi connectivity index (χ0n) is 15.3. The van der Waals surface area contributed by atoms with Crippen LogP contribution < -0.4 is 10.5 Å². The van der Waals surface area contributed by atoms with Crippen molar-refractivity contribution in [3.63, 3.8) is 0 Å². The number of carbonyl (C=O) groups excluding carboxylic acids is 1. The first-order chi connectivity index (χ1) is 13.5. The zero-order chi connectivity index (χ0) is 19.5. The first kappa shape index (κ1) is 17.5. The van der Waals surface area contributed by atoms with Crippen molar-refractivity contribution in [3.05, 3.63) is 47.2 Å². The third kappa shape index (κ3) is 2.36. The largest absolute Gasteiger partial charge is 0.489 e. The molecular formula is C20H19ClN4O3. The molecule has 3 aliphatic rings. The Bertz CT molecular complexity index is 1010. The van der Waals surface area contributed by atoms with Gasteiger partial charge in [0, 0.05) is 37.0 Å². The summed E-state index contributed by atoms with van der Waals surface area (Å²) >= 11 is 6.11. The van der Waals surface area contributed by atoms with Gasteiger partial charge >= 0.3 is 0 Å². The predicted octanol–water partition coefficient (Wildman–Crippen LogP) is 2.18. The molecule has 5 rings (SSSR count). The van der Waals surface area contributed by atoms with Gasteiger partial charge in [0.25, 0.3) is 5.91 Å². The Morgan fingerprint density at radius 1 is 1.29 bits per heavy atom. The maximum Gasteiger partial charge on any atom is 0.262 e. The highest BCUT2D eigenvalue weighted by Gasteiger charge is 2.60. The number of hydrogen-bond donors (Lipinski definition) is 1. The first-order valence-corrected chi connectivity index (χ1v) is 9.52. The van der Waals surface area contributed by atoms with Crippen molar-refractivity contribution in [2.75, 3.05) is 20.3 Å². The summed E-state index contributed by atoms with van der Waals surface area (Å²) in [6, 6.07) is 7.59. The molecule has 8 heteroatoms. The summed E-state index contributed by atoms with van der Waals surface area (Å²) in [5.74, 6) is 0.466. The molecule has 4 heterocycles.